The molecule has 0 fully saturated rings. The molecule has 1 amide bonds. The summed E-state index contributed by atoms with van der Waals surface area (Å²) in [5.74, 6) is 0.785. The first kappa shape index (κ1) is 21.0. The van der Waals surface area contributed by atoms with Crippen LogP contribution in [0.1, 0.15) is 22.7 Å². The predicted octanol–water partition coefficient (Wildman–Crippen LogP) is 5.52. The lowest BCUT2D eigenvalue weighted by Crippen LogP contribution is -2.29. The zero-order chi connectivity index (χ0) is 22.0. The van der Waals surface area contributed by atoms with Crippen molar-refractivity contribution in [3.05, 3.63) is 99.7 Å². The van der Waals surface area contributed by atoms with Crippen LogP contribution >= 0.6 is 15.9 Å². The van der Waals surface area contributed by atoms with Gasteiger partial charge in [-0.05, 0) is 53.1 Å². The third-order valence-electron chi connectivity index (χ3n) is 5.36. The molecule has 0 saturated heterocycles. The summed E-state index contributed by atoms with van der Waals surface area (Å²) in [5, 5.41) is 10.9. The number of aliphatic hydroxyl groups excluding tert-OH is 1. The number of ether oxygens (including phenoxy) is 2. The lowest BCUT2D eigenvalue weighted by molar-refractivity contribution is -0.130. The Hall–Kier alpha value is -3.25. The average molecular weight is 480 g/mol. The number of halogens is 1. The maximum atomic E-state index is 13.2. The molecule has 0 aromatic heterocycles. The number of carbonyl (C=O) groups excluding carboxylic acids is 1. The van der Waals surface area contributed by atoms with E-state index in [-0.39, 0.29) is 5.76 Å². The molecule has 0 bridgehead atoms. The molecule has 0 aliphatic carbocycles. The standard InChI is InChI=1S/C25H22BrNO4/c1-30-20-11-9-17(10-12-20)22-23(18-6-4-7-19(26)14-18)27(25(29)24(22)28)15-16-5-3-8-21(13-16)31-2/h3-14,23,28H,15H2,1-2H3/t23-/m1/s1. The van der Waals surface area contributed by atoms with Crippen molar-refractivity contribution in [3.8, 4) is 11.5 Å². The highest BCUT2D eigenvalue weighted by Gasteiger charge is 2.41. The third-order valence-corrected chi connectivity index (χ3v) is 5.85. The van der Waals surface area contributed by atoms with E-state index >= 15 is 0 Å². The van der Waals surface area contributed by atoms with Crippen molar-refractivity contribution in [3.63, 3.8) is 0 Å². The Labute approximate surface area is 189 Å². The van der Waals surface area contributed by atoms with Crippen LogP contribution in [0, 0.1) is 0 Å². The molecule has 5 nitrogen and oxygen atoms in total. The van der Waals surface area contributed by atoms with Gasteiger partial charge in [-0.25, -0.2) is 0 Å². The number of hydrogen-bond donors (Lipinski definition) is 1. The van der Waals surface area contributed by atoms with Gasteiger partial charge in [-0.2, -0.15) is 0 Å². The molecule has 4 rings (SSSR count). The van der Waals surface area contributed by atoms with Gasteiger partial charge in [0.2, 0.25) is 0 Å². The highest BCUT2D eigenvalue weighted by molar-refractivity contribution is 9.10. The minimum absolute atomic E-state index is 0.238. The molecule has 0 unspecified atom stereocenters. The molecule has 1 atom stereocenters. The van der Waals surface area contributed by atoms with E-state index in [4.69, 9.17) is 9.47 Å². The number of amides is 1. The second-order valence-electron chi connectivity index (χ2n) is 7.23. The van der Waals surface area contributed by atoms with Crippen LogP contribution in [0.4, 0.5) is 0 Å². The fourth-order valence-corrected chi connectivity index (χ4v) is 4.29. The predicted molar refractivity (Wildman–Crippen MR) is 123 cm³/mol. The number of aliphatic hydroxyl groups is 1. The molecular formula is C25H22BrNO4. The summed E-state index contributed by atoms with van der Waals surface area (Å²) in [4.78, 5) is 14.9. The fraction of sp³-hybridized carbons (Fsp3) is 0.160. The van der Waals surface area contributed by atoms with Crippen molar-refractivity contribution in [1.29, 1.82) is 0 Å². The lowest BCUT2D eigenvalue weighted by atomic mass is 9.93. The molecule has 158 valence electrons. The number of carbonyl (C=O) groups is 1. The van der Waals surface area contributed by atoms with Crippen LogP contribution in [0.25, 0.3) is 5.57 Å². The van der Waals surface area contributed by atoms with Gasteiger partial charge in [0.15, 0.2) is 5.76 Å². The van der Waals surface area contributed by atoms with Crippen LogP contribution in [0.2, 0.25) is 0 Å². The summed E-state index contributed by atoms with van der Waals surface area (Å²) >= 11 is 3.53. The van der Waals surface area contributed by atoms with Gasteiger partial charge in [-0.15, -0.1) is 0 Å². The van der Waals surface area contributed by atoms with Gasteiger partial charge in [0, 0.05) is 16.6 Å². The molecule has 3 aromatic carbocycles. The van der Waals surface area contributed by atoms with E-state index in [1.165, 1.54) is 0 Å². The molecule has 0 radical (unpaired) electrons. The van der Waals surface area contributed by atoms with Gasteiger partial charge >= 0.3 is 0 Å². The van der Waals surface area contributed by atoms with E-state index in [9.17, 15) is 9.90 Å². The topological polar surface area (TPSA) is 59.0 Å². The third kappa shape index (κ3) is 4.16. The molecule has 0 spiro atoms. The van der Waals surface area contributed by atoms with Gasteiger partial charge in [-0.1, -0.05) is 52.3 Å². The Morgan fingerprint density at radius 2 is 1.65 bits per heavy atom. The number of hydrogen-bond acceptors (Lipinski definition) is 4. The van der Waals surface area contributed by atoms with E-state index in [0.29, 0.717) is 17.9 Å². The van der Waals surface area contributed by atoms with Crippen LogP contribution in [-0.4, -0.2) is 30.1 Å². The molecule has 1 aliphatic heterocycles. The quantitative estimate of drug-likeness (QED) is 0.505. The van der Waals surface area contributed by atoms with E-state index in [1.54, 1.807) is 19.1 Å². The summed E-state index contributed by atoms with van der Waals surface area (Å²) in [6.45, 7) is 0.330. The van der Waals surface area contributed by atoms with Gasteiger partial charge < -0.3 is 19.5 Å². The normalized spacial score (nSPS) is 16.0. The van der Waals surface area contributed by atoms with E-state index in [0.717, 1.165) is 26.9 Å². The van der Waals surface area contributed by atoms with Crippen molar-refractivity contribution < 1.29 is 19.4 Å². The minimum atomic E-state index is -0.440. The number of rotatable bonds is 6. The molecule has 3 aromatic rings. The first-order valence-corrected chi connectivity index (χ1v) is 10.6. The van der Waals surface area contributed by atoms with Crippen molar-refractivity contribution in [1.82, 2.24) is 4.90 Å². The van der Waals surface area contributed by atoms with Gasteiger partial charge in [0.1, 0.15) is 11.5 Å². The summed E-state index contributed by atoms with van der Waals surface area (Å²) in [6, 6.07) is 22.3. The molecular weight excluding hydrogens is 458 g/mol. The zero-order valence-electron chi connectivity index (χ0n) is 17.2. The second-order valence-corrected chi connectivity index (χ2v) is 8.15. The molecule has 31 heavy (non-hydrogen) atoms. The SMILES string of the molecule is COc1ccc(C2=C(O)C(=O)N(Cc3cccc(OC)c3)[C@@H]2c2cccc(Br)c2)cc1. The Balaban J connectivity index is 1.80. The lowest BCUT2D eigenvalue weighted by Gasteiger charge is -2.28. The smallest absolute Gasteiger partial charge is 0.290 e. The van der Waals surface area contributed by atoms with Crippen LogP contribution in [-0.2, 0) is 11.3 Å². The summed E-state index contributed by atoms with van der Waals surface area (Å²) < 4.78 is 11.5. The molecule has 0 saturated carbocycles. The first-order chi connectivity index (χ1) is 15.0. The average Bonchev–Trinajstić information content (AvgIpc) is 3.04. The van der Waals surface area contributed by atoms with Crippen molar-refractivity contribution in [2.24, 2.45) is 0 Å². The molecule has 1 N–H and O–H groups in total. The monoisotopic (exact) mass is 479 g/mol. The highest BCUT2D eigenvalue weighted by Crippen LogP contribution is 2.44. The van der Waals surface area contributed by atoms with E-state index in [1.807, 2.05) is 72.8 Å². The Bertz CT molecular complexity index is 1140. The Morgan fingerprint density at radius 1 is 0.935 bits per heavy atom. The van der Waals surface area contributed by atoms with Crippen molar-refractivity contribution in [2.45, 2.75) is 12.6 Å². The summed E-state index contributed by atoms with van der Waals surface area (Å²) in [6.07, 6.45) is 0. The van der Waals surface area contributed by atoms with Crippen LogP contribution in [0.15, 0.2) is 83.0 Å². The number of benzene rings is 3. The van der Waals surface area contributed by atoms with Gasteiger partial charge in [-0.3, -0.25) is 4.79 Å². The maximum absolute atomic E-state index is 13.2. The van der Waals surface area contributed by atoms with Crippen molar-refractivity contribution in [2.75, 3.05) is 14.2 Å². The zero-order valence-corrected chi connectivity index (χ0v) is 18.8. The van der Waals surface area contributed by atoms with Crippen LogP contribution in [0.5, 0.6) is 11.5 Å². The number of methoxy groups -OCH3 is 2. The second kappa shape index (κ2) is 8.86. The number of nitrogens with zero attached hydrogens (tertiary/aromatic N) is 1. The highest BCUT2D eigenvalue weighted by atomic mass is 79.9. The van der Waals surface area contributed by atoms with Crippen LogP contribution in [0.3, 0.4) is 0 Å². The largest absolute Gasteiger partial charge is 0.503 e. The minimum Gasteiger partial charge on any atom is -0.503 e. The van der Waals surface area contributed by atoms with Gasteiger partial charge in [0.05, 0.1) is 20.3 Å². The van der Waals surface area contributed by atoms with Crippen LogP contribution < -0.4 is 9.47 Å². The first-order valence-electron chi connectivity index (χ1n) is 9.78. The Kier molecular flexibility index (Phi) is 6.00. The summed E-state index contributed by atoms with van der Waals surface area (Å²) in [5.41, 5.74) is 3.16. The fourth-order valence-electron chi connectivity index (χ4n) is 3.87. The molecule has 1 aliphatic rings. The van der Waals surface area contributed by atoms with Crippen molar-refractivity contribution >= 4 is 27.4 Å². The van der Waals surface area contributed by atoms with E-state index < -0.39 is 11.9 Å². The van der Waals surface area contributed by atoms with E-state index in [2.05, 4.69) is 15.9 Å². The molecule has 6 heteroatoms. The summed E-state index contributed by atoms with van der Waals surface area (Å²) in [7, 11) is 3.21. The maximum Gasteiger partial charge on any atom is 0.290 e. The molecule has 1 heterocycles. The Morgan fingerprint density at radius 3 is 2.32 bits per heavy atom. The van der Waals surface area contributed by atoms with Gasteiger partial charge in [0.25, 0.3) is 5.91 Å².